The van der Waals surface area contributed by atoms with Gasteiger partial charge in [-0.25, -0.2) is 0 Å². The minimum absolute atomic E-state index is 0.0128. The van der Waals surface area contributed by atoms with E-state index < -0.39 is 0 Å². The van der Waals surface area contributed by atoms with Crippen LogP contribution in [0, 0.1) is 6.92 Å². The SMILES string of the molecule is Cc1[nH]ncc1C(=O)NC1CC2CCCC(C1)N2C. The monoisotopic (exact) mass is 262 g/mol. The third kappa shape index (κ3) is 2.39. The molecule has 2 saturated heterocycles. The van der Waals surface area contributed by atoms with E-state index in [1.807, 2.05) is 6.92 Å². The second-order valence-electron chi connectivity index (χ2n) is 5.95. The molecular formula is C14H22N4O. The summed E-state index contributed by atoms with van der Waals surface area (Å²) in [5, 5.41) is 9.91. The van der Waals surface area contributed by atoms with Crippen LogP contribution < -0.4 is 5.32 Å². The van der Waals surface area contributed by atoms with E-state index in [4.69, 9.17) is 0 Å². The van der Waals surface area contributed by atoms with Crippen molar-refractivity contribution in [1.82, 2.24) is 20.4 Å². The second kappa shape index (κ2) is 4.96. The highest BCUT2D eigenvalue weighted by atomic mass is 16.1. The zero-order chi connectivity index (χ0) is 13.4. The Morgan fingerprint density at radius 2 is 2.11 bits per heavy atom. The molecule has 2 fully saturated rings. The van der Waals surface area contributed by atoms with Crippen LogP contribution in [0.2, 0.25) is 0 Å². The number of H-pyrrole nitrogens is 1. The first-order chi connectivity index (χ1) is 9.15. The van der Waals surface area contributed by atoms with E-state index in [0.717, 1.165) is 18.5 Å². The number of aromatic nitrogens is 2. The molecule has 1 aromatic rings. The van der Waals surface area contributed by atoms with Crippen LogP contribution in [0.1, 0.15) is 48.2 Å². The Morgan fingerprint density at radius 3 is 2.68 bits per heavy atom. The maximum absolute atomic E-state index is 12.2. The number of aromatic amines is 1. The van der Waals surface area contributed by atoms with E-state index in [-0.39, 0.29) is 5.91 Å². The minimum atomic E-state index is 0.0128. The van der Waals surface area contributed by atoms with Crippen LogP contribution in [-0.2, 0) is 0 Å². The normalized spacial score (nSPS) is 31.2. The number of fused-ring (bicyclic) bond motifs is 2. The van der Waals surface area contributed by atoms with Crippen LogP contribution in [0.25, 0.3) is 0 Å². The molecule has 5 nitrogen and oxygen atoms in total. The van der Waals surface area contributed by atoms with Gasteiger partial charge in [0.2, 0.25) is 0 Å². The lowest BCUT2D eigenvalue weighted by molar-refractivity contribution is 0.0463. The highest BCUT2D eigenvalue weighted by molar-refractivity contribution is 5.95. The number of piperidine rings is 2. The van der Waals surface area contributed by atoms with Crippen molar-refractivity contribution in [3.63, 3.8) is 0 Å². The molecule has 19 heavy (non-hydrogen) atoms. The topological polar surface area (TPSA) is 61.0 Å². The first-order valence-electron chi connectivity index (χ1n) is 7.18. The molecule has 2 bridgehead atoms. The summed E-state index contributed by atoms with van der Waals surface area (Å²) >= 11 is 0. The lowest BCUT2D eigenvalue weighted by Crippen LogP contribution is -2.55. The summed E-state index contributed by atoms with van der Waals surface area (Å²) < 4.78 is 0. The van der Waals surface area contributed by atoms with Crippen LogP contribution in [0.3, 0.4) is 0 Å². The van der Waals surface area contributed by atoms with Gasteiger partial charge in [0.15, 0.2) is 0 Å². The Kier molecular flexibility index (Phi) is 3.31. The Balaban J connectivity index is 1.65. The largest absolute Gasteiger partial charge is 0.349 e. The fourth-order valence-corrected chi connectivity index (χ4v) is 3.58. The molecule has 2 aliphatic rings. The summed E-state index contributed by atoms with van der Waals surface area (Å²) in [7, 11) is 2.23. The van der Waals surface area contributed by atoms with Crippen molar-refractivity contribution in [3.8, 4) is 0 Å². The molecule has 5 heteroatoms. The van der Waals surface area contributed by atoms with Gasteiger partial charge in [0.25, 0.3) is 5.91 Å². The molecule has 2 N–H and O–H groups in total. The summed E-state index contributed by atoms with van der Waals surface area (Å²) in [6.45, 7) is 1.88. The quantitative estimate of drug-likeness (QED) is 0.848. The van der Waals surface area contributed by atoms with Gasteiger partial charge in [0.05, 0.1) is 11.8 Å². The summed E-state index contributed by atoms with van der Waals surface area (Å²) in [6, 6.07) is 1.60. The van der Waals surface area contributed by atoms with Crippen LogP contribution in [0.5, 0.6) is 0 Å². The standard InChI is InChI=1S/C14H22N4O/c1-9-13(8-15-17-9)14(19)16-10-6-11-4-3-5-12(7-10)18(11)2/h8,10-12H,3-7H2,1-2H3,(H,15,17)(H,16,19). The summed E-state index contributed by atoms with van der Waals surface area (Å²) in [5.41, 5.74) is 1.51. The fraction of sp³-hybridized carbons (Fsp3) is 0.714. The molecule has 1 aromatic heterocycles. The first-order valence-corrected chi connectivity index (χ1v) is 7.18. The van der Waals surface area contributed by atoms with Crippen LogP contribution in [0.15, 0.2) is 6.20 Å². The van der Waals surface area contributed by atoms with E-state index in [1.54, 1.807) is 6.20 Å². The molecule has 2 unspecified atom stereocenters. The number of aryl methyl sites for hydroxylation is 1. The molecule has 104 valence electrons. The number of hydrogen-bond donors (Lipinski definition) is 2. The maximum Gasteiger partial charge on any atom is 0.254 e. The molecule has 0 aliphatic carbocycles. The van der Waals surface area contributed by atoms with Gasteiger partial charge in [-0.1, -0.05) is 6.42 Å². The van der Waals surface area contributed by atoms with Gasteiger partial charge in [0.1, 0.15) is 0 Å². The third-order valence-corrected chi connectivity index (χ3v) is 4.75. The van der Waals surface area contributed by atoms with Gasteiger partial charge in [-0.15, -0.1) is 0 Å². The van der Waals surface area contributed by atoms with Crippen molar-refractivity contribution in [2.24, 2.45) is 0 Å². The highest BCUT2D eigenvalue weighted by Gasteiger charge is 2.36. The molecule has 1 amide bonds. The number of hydrogen-bond acceptors (Lipinski definition) is 3. The number of carbonyl (C=O) groups is 1. The smallest absolute Gasteiger partial charge is 0.254 e. The van der Waals surface area contributed by atoms with Crippen LogP contribution in [-0.4, -0.2) is 46.2 Å². The molecule has 0 aromatic carbocycles. The van der Waals surface area contributed by atoms with E-state index >= 15 is 0 Å². The fourth-order valence-electron chi connectivity index (χ4n) is 3.58. The van der Waals surface area contributed by atoms with Crippen molar-refractivity contribution in [2.75, 3.05) is 7.05 Å². The second-order valence-corrected chi connectivity index (χ2v) is 5.95. The van der Waals surface area contributed by atoms with Gasteiger partial charge >= 0.3 is 0 Å². The zero-order valence-corrected chi connectivity index (χ0v) is 11.6. The Bertz CT molecular complexity index is 456. The number of nitrogens with one attached hydrogen (secondary N) is 2. The van der Waals surface area contributed by atoms with E-state index in [0.29, 0.717) is 23.7 Å². The molecule has 2 aliphatic heterocycles. The lowest BCUT2D eigenvalue weighted by atomic mass is 9.82. The molecule has 0 radical (unpaired) electrons. The Morgan fingerprint density at radius 1 is 1.42 bits per heavy atom. The molecule has 3 rings (SSSR count). The average molecular weight is 262 g/mol. The van der Waals surface area contributed by atoms with Crippen molar-refractivity contribution in [3.05, 3.63) is 17.5 Å². The summed E-state index contributed by atoms with van der Waals surface area (Å²) in [6.07, 6.45) is 7.64. The van der Waals surface area contributed by atoms with Crippen molar-refractivity contribution >= 4 is 5.91 Å². The highest BCUT2D eigenvalue weighted by Crippen LogP contribution is 2.32. The first kappa shape index (κ1) is 12.7. The van der Waals surface area contributed by atoms with Gasteiger partial charge < -0.3 is 10.2 Å². The van der Waals surface area contributed by atoms with Crippen molar-refractivity contribution in [1.29, 1.82) is 0 Å². The molecule has 3 heterocycles. The van der Waals surface area contributed by atoms with Gasteiger partial charge in [-0.3, -0.25) is 9.89 Å². The molecule has 2 atom stereocenters. The third-order valence-electron chi connectivity index (χ3n) is 4.75. The average Bonchev–Trinajstić information content (AvgIpc) is 2.77. The molecule has 0 saturated carbocycles. The van der Waals surface area contributed by atoms with Gasteiger partial charge in [0, 0.05) is 23.8 Å². The van der Waals surface area contributed by atoms with E-state index in [2.05, 4.69) is 27.5 Å². The Labute approximate surface area is 113 Å². The van der Waals surface area contributed by atoms with Gasteiger partial charge in [-0.05, 0) is 39.7 Å². The summed E-state index contributed by atoms with van der Waals surface area (Å²) in [4.78, 5) is 14.7. The van der Waals surface area contributed by atoms with E-state index in [1.165, 1.54) is 19.3 Å². The molecular weight excluding hydrogens is 240 g/mol. The van der Waals surface area contributed by atoms with Crippen molar-refractivity contribution < 1.29 is 4.79 Å². The predicted octanol–water partition coefficient (Wildman–Crippen LogP) is 1.46. The number of amides is 1. The number of carbonyl (C=O) groups excluding carboxylic acids is 1. The Hall–Kier alpha value is -1.36. The number of rotatable bonds is 2. The van der Waals surface area contributed by atoms with Crippen LogP contribution >= 0.6 is 0 Å². The summed E-state index contributed by atoms with van der Waals surface area (Å²) in [5.74, 6) is 0.0128. The van der Waals surface area contributed by atoms with Crippen LogP contribution in [0.4, 0.5) is 0 Å². The lowest BCUT2D eigenvalue weighted by Gasteiger charge is -2.47. The predicted molar refractivity (Wildman–Crippen MR) is 73.0 cm³/mol. The number of nitrogens with zero attached hydrogens (tertiary/aromatic N) is 2. The molecule has 0 spiro atoms. The maximum atomic E-state index is 12.2. The van der Waals surface area contributed by atoms with Gasteiger partial charge in [-0.2, -0.15) is 5.10 Å². The van der Waals surface area contributed by atoms with Crippen molar-refractivity contribution in [2.45, 2.75) is 57.2 Å². The minimum Gasteiger partial charge on any atom is -0.349 e. The van der Waals surface area contributed by atoms with E-state index in [9.17, 15) is 4.79 Å². The zero-order valence-electron chi connectivity index (χ0n) is 11.6.